The van der Waals surface area contributed by atoms with Gasteiger partial charge < -0.3 is 4.42 Å². The van der Waals surface area contributed by atoms with E-state index in [1.165, 1.54) is 10.4 Å². The van der Waals surface area contributed by atoms with Crippen LogP contribution in [0.1, 0.15) is 34.9 Å². The molecule has 4 rings (SSSR count). The highest BCUT2D eigenvalue weighted by Gasteiger charge is 2.27. The summed E-state index contributed by atoms with van der Waals surface area (Å²) in [6, 6.07) is 2.33. The Kier molecular flexibility index (Phi) is 4.16. The molecule has 1 atom stereocenters. The lowest BCUT2D eigenvalue weighted by Gasteiger charge is -2.32. The first-order valence-corrected chi connectivity index (χ1v) is 9.42. The van der Waals surface area contributed by atoms with Crippen molar-refractivity contribution >= 4 is 33.9 Å². The fraction of sp³-hybridized carbons (Fsp3) is 0.389. The predicted molar refractivity (Wildman–Crippen MR) is 101 cm³/mol. The molecule has 1 aliphatic rings. The first kappa shape index (κ1) is 17.0. The summed E-state index contributed by atoms with van der Waals surface area (Å²) in [5.41, 5.74) is 1.59. The van der Waals surface area contributed by atoms with Gasteiger partial charge >= 0.3 is 0 Å². The molecule has 0 aliphatic carbocycles. The Labute approximate surface area is 154 Å². The Morgan fingerprint density at radius 1 is 1.46 bits per heavy atom. The van der Waals surface area contributed by atoms with Gasteiger partial charge in [-0.15, -0.1) is 11.3 Å². The Hall–Kier alpha value is -2.45. The number of fused-ring (bicyclic) bond motifs is 2. The average Bonchev–Trinajstić information content (AvgIpc) is 3.19. The van der Waals surface area contributed by atoms with Crippen LogP contribution < -0.4 is 10.9 Å². The lowest BCUT2D eigenvalue weighted by molar-refractivity contribution is -0.118. The number of hydrogen-bond donors (Lipinski definition) is 2. The van der Waals surface area contributed by atoms with E-state index in [1.54, 1.807) is 25.2 Å². The smallest absolute Gasteiger partial charge is 0.277 e. The molecule has 0 radical (unpaired) electrons. The third kappa shape index (κ3) is 2.75. The van der Waals surface area contributed by atoms with Gasteiger partial charge in [0, 0.05) is 17.5 Å². The maximum absolute atomic E-state index is 12.6. The number of furan rings is 1. The van der Waals surface area contributed by atoms with Gasteiger partial charge in [-0.2, -0.15) is 5.10 Å². The molecule has 0 bridgehead atoms. The van der Waals surface area contributed by atoms with Crippen molar-refractivity contribution in [3.8, 4) is 0 Å². The van der Waals surface area contributed by atoms with Gasteiger partial charge in [0.15, 0.2) is 0 Å². The van der Waals surface area contributed by atoms with E-state index < -0.39 is 0 Å². The summed E-state index contributed by atoms with van der Waals surface area (Å²) in [7, 11) is 0. The molecule has 8 heteroatoms. The largest absolute Gasteiger partial charge is 0.444 e. The highest BCUT2D eigenvalue weighted by atomic mass is 32.1. The van der Waals surface area contributed by atoms with E-state index in [0.29, 0.717) is 22.2 Å². The minimum absolute atomic E-state index is 0.190. The molecule has 0 fully saturated rings. The van der Waals surface area contributed by atoms with Crippen molar-refractivity contribution in [3.63, 3.8) is 0 Å². The van der Waals surface area contributed by atoms with Crippen molar-refractivity contribution in [2.75, 3.05) is 18.4 Å². The van der Waals surface area contributed by atoms with Gasteiger partial charge in [-0.25, -0.2) is 5.10 Å². The Balaban J connectivity index is 1.56. The summed E-state index contributed by atoms with van der Waals surface area (Å²) in [6.07, 6.45) is 0.956. The number of aromatic amines is 1. The standard InChI is InChI=1S/C18H20N4O3S/c1-9-15-11(3)25-18(16(15)17(24)21-20-9)19-14(23)8-22-6-4-13-12(10(22)2)5-7-26-13/h5,7,10H,4,6,8H2,1-3H3,(H,19,23)(H,21,24). The SMILES string of the molecule is Cc1n[nH]c(=O)c2c(NC(=O)CN3CCc4sccc4C3C)oc(C)c12. The van der Waals surface area contributed by atoms with Crippen molar-refractivity contribution in [1.29, 1.82) is 0 Å². The third-order valence-electron chi connectivity index (χ3n) is 5.00. The zero-order valence-electron chi connectivity index (χ0n) is 14.9. The topological polar surface area (TPSA) is 91.2 Å². The lowest BCUT2D eigenvalue weighted by atomic mass is 10.0. The molecule has 4 heterocycles. The molecule has 0 saturated heterocycles. The average molecular weight is 372 g/mol. The second-order valence-electron chi connectivity index (χ2n) is 6.62. The quantitative estimate of drug-likeness (QED) is 0.738. The van der Waals surface area contributed by atoms with E-state index >= 15 is 0 Å². The molecule has 3 aromatic heterocycles. The molecule has 0 spiro atoms. The van der Waals surface area contributed by atoms with Gasteiger partial charge in [-0.05, 0) is 44.2 Å². The maximum Gasteiger partial charge on any atom is 0.277 e. The second kappa shape index (κ2) is 6.37. The molecule has 136 valence electrons. The number of carbonyl (C=O) groups excluding carboxylic acids is 1. The Morgan fingerprint density at radius 3 is 3.08 bits per heavy atom. The van der Waals surface area contributed by atoms with Crippen molar-refractivity contribution in [3.05, 3.63) is 43.7 Å². The summed E-state index contributed by atoms with van der Waals surface area (Å²) in [5, 5.41) is 12.3. The number of aryl methyl sites for hydroxylation is 2. The van der Waals surface area contributed by atoms with Gasteiger partial charge in [0.05, 0.1) is 17.6 Å². The number of rotatable bonds is 3. The summed E-state index contributed by atoms with van der Waals surface area (Å²) in [6.45, 7) is 6.75. The summed E-state index contributed by atoms with van der Waals surface area (Å²) in [5.74, 6) is 0.566. The normalized spacial score (nSPS) is 17.4. The van der Waals surface area contributed by atoms with E-state index in [2.05, 4.69) is 38.8 Å². The summed E-state index contributed by atoms with van der Waals surface area (Å²) in [4.78, 5) is 28.3. The summed E-state index contributed by atoms with van der Waals surface area (Å²) >= 11 is 1.77. The maximum atomic E-state index is 12.6. The van der Waals surface area contributed by atoms with E-state index in [1.807, 2.05) is 0 Å². The number of H-pyrrole nitrogens is 1. The van der Waals surface area contributed by atoms with Gasteiger partial charge in [0.1, 0.15) is 11.1 Å². The number of hydrogen-bond acceptors (Lipinski definition) is 6. The van der Waals surface area contributed by atoms with Crippen LogP contribution in [0.4, 0.5) is 5.88 Å². The minimum Gasteiger partial charge on any atom is -0.444 e. The van der Waals surface area contributed by atoms with Crippen molar-refractivity contribution in [1.82, 2.24) is 15.1 Å². The highest BCUT2D eigenvalue weighted by molar-refractivity contribution is 7.10. The van der Waals surface area contributed by atoms with E-state index in [9.17, 15) is 9.59 Å². The first-order chi connectivity index (χ1) is 12.5. The Morgan fingerprint density at radius 2 is 2.27 bits per heavy atom. The fourth-order valence-electron chi connectivity index (χ4n) is 3.66. The zero-order chi connectivity index (χ0) is 18.4. The molecule has 26 heavy (non-hydrogen) atoms. The number of carbonyl (C=O) groups is 1. The molecule has 3 aromatic rings. The van der Waals surface area contributed by atoms with Crippen LogP contribution in [0, 0.1) is 13.8 Å². The van der Waals surface area contributed by atoms with Gasteiger partial charge in [0.2, 0.25) is 11.8 Å². The highest BCUT2D eigenvalue weighted by Crippen LogP contribution is 2.33. The number of nitrogens with one attached hydrogen (secondary N) is 2. The molecule has 1 aliphatic heterocycles. The fourth-order valence-corrected chi connectivity index (χ4v) is 4.62. The van der Waals surface area contributed by atoms with E-state index in [4.69, 9.17) is 4.42 Å². The minimum atomic E-state index is -0.369. The number of thiophene rings is 1. The van der Waals surface area contributed by atoms with Crippen LogP contribution >= 0.6 is 11.3 Å². The van der Waals surface area contributed by atoms with Crippen LogP contribution in [-0.4, -0.2) is 34.1 Å². The molecule has 1 unspecified atom stereocenters. The number of aromatic nitrogens is 2. The molecular formula is C18H20N4O3S. The predicted octanol–water partition coefficient (Wildman–Crippen LogP) is 2.75. The van der Waals surface area contributed by atoms with Crippen LogP contribution in [0.15, 0.2) is 20.7 Å². The molecule has 0 aromatic carbocycles. The van der Waals surface area contributed by atoms with Crippen LogP contribution in [0.3, 0.4) is 0 Å². The van der Waals surface area contributed by atoms with Crippen LogP contribution in [-0.2, 0) is 11.2 Å². The van der Waals surface area contributed by atoms with Crippen LogP contribution in [0.25, 0.3) is 10.8 Å². The van der Waals surface area contributed by atoms with Gasteiger partial charge in [-0.3, -0.25) is 19.8 Å². The second-order valence-corrected chi connectivity index (χ2v) is 7.62. The van der Waals surface area contributed by atoms with Crippen molar-refractivity contribution in [2.45, 2.75) is 33.2 Å². The van der Waals surface area contributed by atoms with Crippen LogP contribution in [0.2, 0.25) is 0 Å². The molecule has 2 N–H and O–H groups in total. The zero-order valence-corrected chi connectivity index (χ0v) is 15.7. The number of anilines is 1. The molecule has 0 saturated carbocycles. The van der Waals surface area contributed by atoms with E-state index in [-0.39, 0.29) is 29.9 Å². The number of amides is 1. The van der Waals surface area contributed by atoms with Gasteiger partial charge in [-0.1, -0.05) is 0 Å². The van der Waals surface area contributed by atoms with Crippen molar-refractivity contribution in [2.24, 2.45) is 0 Å². The van der Waals surface area contributed by atoms with Gasteiger partial charge in [0.25, 0.3) is 5.56 Å². The molecule has 7 nitrogen and oxygen atoms in total. The van der Waals surface area contributed by atoms with Crippen molar-refractivity contribution < 1.29 is 9.21 Å². The lowest BCUT2D eigenvalue weighted by Crippen LogP contribution is -2.39. The molecular weight excluding hydrogens is 352 g/mol. The first-order valence-electron chi connectivity index (χ1n) is 8.54. The summed E-state index contributed by atoms with van der Waals surface area (Å²) < 4.78 is 5.65. The molecule has 1 amide bonds. The third-order valence-corrected chi connectivity index (χ3v) is 6.00. The number of nitrogens with zero attached hydrogens (tertiary/aromatic N) is 2. The Bertz CT molecular complexity index is 1050. The van der Waals surface area contributed by atoms with Crippen LogP contribution in [0.5, 0.6) is 0 Å². The monoisotopic (exact) mass is 372 g/mol. The van der Waals surface area contributed by atoms with E-state index in [0.717, 1.165) is 13.0 Å².